The molecule has 0 radical (unpaired) electrons. The summed E-state index contributed by atoms with van der Waals surface area (Å²) in [6, 6.07) is 0. The summed E-state index contributed by atoms with van der Waals surface area (Å²) in [5, 5.41) is 4.65. The zero-order valence-electron chi connectivity index (χ0n) is 11.2. The first-order chi connectivity index (χ1) is 8.15. The Kier molecular flexibility index (Phi) is 6.70. The van der Waals surface area contributed by atoms with Crippen LogP contribution in [0.2, 0.25) is 0 Å². The van der Waals surface area contributed by atoms with E-state index in [9.17, 15) is 0 Å². The van der Waals surface area contributed by atoms with Crippen LogP contribution in [-0.2, 0) is 13.0 Å². The van der Waals surface area contributed by atoms with Gasteiger partial charge in [0.1, 0.15) is 5.01 Å². The number of aromatic nitrogens is 1. The third kappa shape index (κ3) is 5.61. The predicted molar refractivity (Wildman–Crippen MR) is 75.2 cm³/mol. The van der Waals surface area contributed by atoms with Crippen LogP contribution in [-0.4, -0.2) is 18.1 Å². The fourth-order valence-electron chi connectivity index (χ4n) is 1.91. The zero-order chi connectivity index (χ0) is 12.7. The van der Waals surface area contributed by atoms with Gasteiger partial charge in [-0.05, 0) is 37.8 Å². The Morgan fingerprint density at radius 2 is 2.24 bits per heavy atom. The molecule has 98 valence electrons. The third-order valence-corrected chi connectivity index (χ3v) is 3.94. The molecule has 1 rings (SSSR count). The minimum absolute atomic E-state index is 0.584. The van der Waals surface area contributed by atoms with E-state index < -0.39 is 0 Å². The second-order valence-electron chi connectivity index (χ2n) is 4.94. The van der Waals surface area contributed by atoms with Gasteiger partial charge in [-0.1, -0.05) is 20.8 Å². The van der Waals surface area contributed by atoms with Crippen LogP contribution >= 0.6 is 11.3 Å². The Bertz CT molecular complexity index is 309. The number of thiazole rings is 1. The first-order valence-corrected chi connectivity index (χ1v) is 7.31. The molecule has 17 heavy (non-hydrogen) atoms. The van der Waals surface area contributed by atoms with Crippen LogP contribution in [0.25, 0.3) is 0 Å². The molecule has 0 amide bonds. The lowest BCUT2D eigenvalue weighted by molar-refractivity contribution is 0.394. The zero-order valence-corrected chi connectivity index (χ0v) is 12.0. The van der Waals surface area contributed by atoms with Crippen molar-refractivity contribution in [1.82, 2.24) is 10.3 Å². The molecule has 0 bridgehead atoms. The second-order valence-corrected chi connectivity index (χ2v) is 6.14. The van der Waals surface area contributed by atoms with Gasteiger partial charge in [0.25, 0.3) is 0 Å². The minimum atomic E-state index is 0.584. The molecule has 1 aromatic rings. The van der Waals surface area contributed by atoms with E-state index in [1.807, 2.05) is 6.20 Å². The van der Waals surface area contributed by atoms with Crippen molar-refractivity contribution >= 4 is 11.3 Å². The van der Waals surface area contributed by atoms with Gasteiger partial charge in [-0.15, -0.1) is 11.3 Å². The molecule has 0 aliphatic carbocycles. The van der Waals surface area contributed by atoms with E-state index in [0.717, 1.165) is 32.0 Å². The molecule has 1 heterocycles. The van der Waals surface area contributed by atoms with E-state index in [2.05, 4.69) is 31.1 Å². The number of nitrogens with one attached hydrogen (secondary N) is 1. The van der Waals surface area contributed by atoms with Crippen LogP contribution in [0, 0.1) is 11.8 Å². The van der Waals surface area contributed by atoms with Crippen molar-refractivity contribution in [3.05, 3.63) is 16.1 Å². The molecular weight excluding hydrogens is 230 g/mol. The summed E-state index contributed by atoms with van der Waals surface area (Å²) in [6.07, 6.45) is 4.26. The highest BCUT2D eigenvalue weighted by molar-refractivity contribution is 7.11. The van der Waals surface area contributed by atoms with Crippen molar-refractivity contribution in [3.63, 3.8) is 0 Å². The Hall–Kier alpha value is -0.450. The number of rotatable bonds is 8. The van der Waals surface area contributed by atoms with Crippen LogP contribution in [0.4, 0.5) is 0 Å². The average molecular weight is 255 g/mol. The van der Waals surface area contributed by atoms with E-state index in [4.69, 9.17) is 5.73 Å². The maximum Gasteiger partial charge on any atom is 0.107 e. The van der Waals surface area contributed by atoms with E-state index in [1.165, 1.54) is 16.3 Å². The molecule has 0 aliphatic heterocycles. The summed E-state index contributed by atoms with van der Waals surface area (Å²) in [5.74, 6) is 1.30. The standard InChI is InChI=1S/C13H25N3S/c1-4-12-8-16-13(17-12)9-15-7-11(6-14)5-10(2)3/h8,10-11,15H,4-7,9,14H2,1-3H3. The molecule has 0 spiro atoms. The fraction of sp³-hybridized carbons (Fsp3) is 0.769. The van der Waals surface area contributed by atoms with Gasteiger partial charge in [0.05, 0.1) is 0 Å². The maximum atomic E-state index is 5.77. The quantitative estimate of drug-likeness (QED) is 0.750. The fourth-order valence-corrected chi connectivity index (χ4v) is 2.74. The Morgan fingerprint density at radius 1 is 1.47 bits per heavy atom. The summed E-state index contributed by atoms with van der Waals surface area (Å²) in [6.45, 7) is 9.30. The van der Waals surface area contributed by atoms with Crippen LogP contribution in [0.3, 0.4) is 0 Å². The highest BCUT2D eigenvalue weighted by Crippen LogP contribution is 2.13. The number of nitrogens with two attached hydrogens (primary N) is 1. The summed E-state index contributed by atoms with van der Waals surface area (Å²) in [4.78, 5) is 5.76. The molecule has 0 aromatic carbocycles. The molecule has 0 fully saturated rings. The van der Waals surface area contributed by atoms with Crippen molar-refractivity contribution < 1.29 is 0 Å². The lowest BCUT2D eigenvalue weighted by Gasteiger charge is -2.17. The highest BCUT2D eigenvalue weighted by atomic mass is 32.1. The van der Waals surface area contributed by atoms with Crippen molar-refractivity contribution in [2.24, 2.45) is 17.6 Å². The molecule has 1 atom stereocenters. The molecule has 3 N–H and O–H groups in total. The Morgan fingerprint density at radius 3 is 2.76 bits per heavy atom. The van der Waals surface area contributed by atoms with E-state index in [1.54, 1.807) is 11.3 Å². The van der Waals surface area contributed by atoms with Crippen LogP contribution in [0.5, 0.6) is 0 Å². The molecule has 0 saturated carbocycles. The second kappa shape index (κ2) is 7.80. The highest BCUT2D eigenvalue weighted by Gasteiger charge is 2.09. The topological polar surface area (TPSA) is 50.9 Å². The van der Waals surface area contributed by atoms with Gasteiger partial charge >= 0.3 is 0 Å². The molecule has 4 heteroatoms. The van der Waals surface area contributed by atoms with Gasteiger partial charge in [0.2, 0.25) is 0 Å². The lowest BCUT2D eigenvalue weighted by atomic mass is 9.97. The lowest BCUT2D eigenvalue weighted by Crippen LogP contribution is -2.29. The predicted octanol–water partition coefficient (Wildman–Crippen LogP) is 2.42. The summed E-state index contributed by atoms with van der Waals surface area (Å²) in [5.41, 5.74) is 5.77. The Labute approximate surface area is 109 Å². The van der Waals surface area contributed by atoms with Crippen LogP contribution in [0.1, 0.15) is 37.1 Å². The normalized spacial score (nSPS) is 13.2. The SMILES string of the molecule is CCc1cnc(CNCC(CN)CC(C)C)s1. The monoisotopic (exact) mass is 255 g/mol. The summed E-state index contributed by atoms with van der Waals surface area (Å²) < 4.78 is 0. The molecule has 0 saturated heterocycles. The number of hydrogen-bond donors (Lipinski definition) is 2. The molecule has 3 nitrogen and oxygen atoms in total. The summed E-state index contributed by atoms with van der Waals surface area (Å²) >= 11 is 1.80. The van der Waals surface area contributed by atoms with Gasteiger partial charge < -0.3 is 11.1 Å². The third-order valence-electron chi connectivity index (χ3n) is 2.80. The largest absolute Gasteiger partial charge is 0.330 e. The number of nitrogens with zero attached hydrogens (tertiary/aromatic N) is 1. The van der Waals surface area contributed by atoms with Gasteiger partial charge in [0, 0.05) is 17.6 Å². The average Bonchev–Trinajstić information content (AvgIpc) is 2.75. The van der Waals surface area contributed by atoms with Crippen molar-refractivity contribution in [2.45, 2.75) is 40.2 Å². The van der Waals surface area contributed by atoms with E-state index in [0.29, 0.717) is 5.92 Å². The van der Waals surface area contributed by atoms with Gasteiger partial charge in [-0.25, -0.2) is 4.98 Å². The molecule has 1 unspecified atom stereocenters. The van der Waals surface area contributed by atoms with Gasteiger partial charge in [-0.2, -0.15) is 0 Å². The molecular formula is C13H25N3S. The van der Waals surface area contributed by atoms with Crippen molar-refractivity contribution in [2.75, 3.05) is 13.1 Å². The van der Waals surface area contributed by atoms with E-state index in [-0.39, 0.29) is 0 Å². The number of aryl methyl sites for hydroxylation is 1. The first-order valence-electron chi connectivity index (χ1n) is 6.50. The summed E-state index contributed by atoms with van der Waals surface area (Å²) in [7, 11) is 0. The number of hydrogen-bond acceptors (Lipinski definition) is 4. The van der Waals surface area contributed by atoms with Gasteiger partial charge in [0.15, 0.2) is 0 Å². The first kappa shape index (κ1) is 14.6. The van der Waals surface area contributed by atoms with Crippen molar-refractivity contribution in [1.29, 1.82) is 0 Å². The van der Waals surface area contributed by atoms with Crippen LogP contribution < -0.4 is 11.1 Å². The Balaban J connectivity index is 2.25. The minimum Gasteiger partial charge on any atom is -0.330 e. The molecule has 0 aliphatic rings. The molecule has 1 aromatic heterocycles. The van der Waals surface area contributed by atoms with Gasteiger partial charge in [-0.3, -0.25) is 0 Å². The maximum absolute atomic E-state index is 5.77. The van der Waals surface area contributed by atoms with Crippen molar-refractivity contribution in [3.8, 4) is 0 Å². The van der Waals surface area contributed by atoms with Crippen LogP contribution in [0.15, 0.2) is 6.20 Å². The van der Waals surface area contributed by atoms with E-state index >= 15 is 0 Å². The smallest absolute Gasteiger partial charge is 0.107 e.